The molecule has 1 aliphatic heterocycles. The van der Waals surface area contributed by atoms with Crippen LogP contribution in [0, 0.1) is 23.5 Å². The Morgan fingerprint density at radius 1 is 1.00 bits per heavy atom. The minimum Gasteiger partial charge on any atom is -0.339 e. The van der Waals surface area contributed by atoms with Crippen LogP contribution in [0.3, 0.4) is 0 Å². The molecule has 4 rings (SSSR count). The Morgan fingerprint density at radius 3 is 2.63 bits per heavy atom. The van der Waals surface area contributed by atoms with E-state index in [4.69, 9.17) is 0 Å². The molecular weight excluding hydrogens is 348 g/mol. The molecule has 1 aromatic rings. The number of ketones is 1. The Kier molecular flexibility index (Phi) is 5.29. The van der Waals surface area contributed by atoms with Crippen LogP contribution in [-0.4, -0.2) is 29.2 Å². The molecule has 0 N–H and O–H groups in total. The summed E-state index contributed by atoms with van der Waals surface area (Å²) in [6, 6.07) is 4.19. The van der Waals surface area contributed by atoms with Crippen molar-refractivity contribution in [3.63, 3.8) is 0 Å². The highest BCUT2D eigenvalue weighted by molar-refractivity contribution is 5.86. The first-order valence-electron chi connectivity index (χ1n) is 10.3. The van der Waals surface area contributed by atoms with Gasteiger partial charge in [0.1, 0.15) is 5.78 Å². The van der Waals surface area contributed by atoms with Gasteiger partial charge in [0.2, 0.25) is 5.91 Å². The molecule has 1 amide bonds. The van der Waals surface area contributed by atoms with Gasteiger partial charge < -0.3 is 4.90 Å². The molecule has 0 spiro atoms. The lowest BCUT2D eigenvalue weighted by molar-refractivity contribution is -0.139. The molecule has 1 saturated heterocycles. The highest BCUT2D eigenvalue weighted by Crippen LogP contribution is 2.50. The second-order valence-electron chi connectivity index (χ2n) is 8.36. The third kappa shape index (κ3) is 3.65. The van der Waals surface area contributed by atoms with Gasteiger partial charge in [-0.2, -0.15) is 0 Å². The first-order chi connectivity index (χ1) is 13.1. The van der Waals surface area contributed by atoms with Crippen molar-refractivity contribution in [3.05, 3.63) is 35.4 Å². The maximum atomic E-state index is 14.1. The average Bonchev–Trinajstić information content (AvgIpc) is 3.47. The van der Waals surface area contributed by atoms with Crippen molar-refractivity contribution >= 4 is 11.7 Å². The maximum absolute atomic E-state index is 14.1. The number of Topliss-reactive ketones (excluding diaryl/α,β-unsaturated/α-hetero) is 1. The summed E-state index contributed by atoms with van der Waals surface area (Å²) in [4.78, 5) is 27.7. The van der Waals surface area contributed by atoms with Crippen molar-refractivity contribution in [1.82, 2.24) is 4.90 Å². The molecule has 146 valence electrons. The van der Waals surface area contributed by atoms with Crippen LogP contribution in [0.2, 0.25) is 0 Å². The zero-order chi connectivity index (χ0) is 19.0. The van der Waals surface area contributed by atoms with Crippen molar-refractivity contribution in [1.29, 1.82) is 0 Å². The third-order valence-electron chi connectivity index (χ3n) is 6.64. The molecule has 3 fully saturated rings. The van der Waals surface area contributed by atoms with E-state index in [9.17, 15) is 18.4 Å². The SMILES string of the molecule is O=C1CCCC[C@@H]1[C@@H]1CCCCCN1C(=O)[C@H]1C[C@@H]1c1cccc(F)c1F. The minimum atomic E-state index is -0.856. The molecule has 1 heterocycles. The van der Waals surface area contributed by atoms with E-state index in [1.807, 2.05) is 4.90 Å². The molecule has 0 unspecified atom stereocenters. The molecule has 5 heteroatoms. The lowest BCUT2D eigenvalue weighted by Crippen LogP contribution is -2.48. The van der Waals surface area contributed by atoms with Gasteiger partial charge in [-0.1, -0.05) is 31.4 Å². The van der Waals surface area contributed by atoms with E-state index in [-0.39, 0.29) is 29.7 Å². The predicted octanol–water partition coefficient (Wildman–Crippen LogP) is 4.60. The van der Waals surface area contributed by atoms with E-state index in [0.717, 1.165) is 51.0 Å². The lowest BCUT2D eigenvalue weighted by atomic mass is 9.80. The van der Waals surface area contributed by atoms with E-state index in [2.05, 4.69) is 0 Å². The zero-order valence-corrected chi connectivity index (χ0v) is 15.6. The normalized spacial score (nSPS) is 31.5. The average molecular weight is 375 g/mol. The van der Waals surface area contributed by atoms with E-state index in [1.165, 1.54) is 6.07 Å². The van der Waals surface area contributed by atoms with Crippen LogP contribution < -0.4 is 0 Å². The Balaban J connectivity index is 1.52. The van der Waals surface area contributed by atoms with Crippen molar-refractivity contribution in [2.24, 2.45) is 11.8 Å². The van der Waals surface area contributed by atoms with Crippen LogP contribution in [0.15, 0.2) is 18.2 Å². The molecule has 0 bridgehead atoms. The van der Waals surface area contributed by atoms with Gasteiger partial charge in [-0.3, -0.25) is 9.59 Å². The Hall–Kier alpha value is -1.78. The van der Waals surface area contributed by atoms with Crippen molar-refractivity contribution in [3.8, 4) is 0 Å². The number of amides is 1. The number of likely N-dealkylation sites (tertiary alicyclic amines) is 1. The van der Waals surface area contributed by atoms with Gasteiger partial charge in [0.05, 0.1) is 0 Å². The standard InChI is InChI=1S/C22H27F2NO2/c23-18-9-6-8-14(21(18)24)16-13-17(16)22(27)25-12-5-1-2-10-19(25)15-7-3-4-11-20(15)26/h6,8-9,15-17,19H,1-5,7,10-13H2/t15-,16-,17+,19+/m1/s1. The van der Waals surface area contributed by atoms with Gasteiger partial charge >= 0.3 is 0 Å². The number of carbonyl (C=O) groups excluding carboxylic acids is 2. The molecule has 1 aromatic carbocycles. The van der Waals surface area contributed by atoms with Crippen LogP contribution in [-0.2, 0) is 9.59 Å². The smallest absolute Gasteiger partial charge is 0.226 e. The summed E-state index contributed by atoms with van der Waals surface area (Å²) in [7, 11) is 0. The number of benzene rings is 1. The second-order valence-corrected chi connectivity index (χ2v) is 8.36. The Labute approximate surface area is 159 Å². The number of halogens is 2. The van der Waals surface area contributed by atoms with Crippen molar-refractivity contribution in [2.45, 2.75) is 69.7 Å². The van der Waals surface area contributed by atoms with E-state index >= 15 is 0 Å². The van der Waals surface area contributed by atoms with Gasteiger partial charge in [0, 0.05) is 30.8 Å². The summed E-state index contributed by atoms with van der Waals surface area (Å²) in [6.07, 6.45) is 8.04. The Morgan fingerprint density at radius 2 is 1.81 bits per heavy atom. The highest BCUT2D eigenvalue weighted by atomic mass is 19.2. The number of hydrogen-bond donors (Lipinski definition) is 0. The van der Waals surface area contributed by atoms with E-state index in [0.29, 0.717) is 30.7 Å². The quantitative estimate of drug-likeness (QED) is 0.774. The third-order valence-corrected chi connectivity index (χ3v) is 6.64. The molecular formula is C22H27F2NO2. The lowest BCUT2D eigenvalue weighted by Gasteiger charge is -2.37. The van der Waals surface area contributed by atoms with Gasteiger partial charge in [0.15, 0.2) is 11.6 Å². The topological polar surface area (TPSA) is 37.4 Å². The molecule has 27 heavy (non-hydrogen) atoms. The summed E-state index contributed by atoms with van der Waals surface area (Å²) in [5, 5.41) is 0. The summed E-state index contributed by atoms with van der Waals surface area (Å²) in [6.45, 7) is 0.683. The van der Waals surface area contributed by atoms with Crippen LogP contribution >= 0.6 is 0 Å². The molecule has 2 aliphatic carbocycles. The number of nitrogens with zero attached hydrogens (tertiary/aromatic N) is 1. The number of rotatable bonds is 3. The van der Waals surface area contributed by atoms with E-state index < -0.39 is 11.6 Å². The first-order valence-corrected chi connectivity index (χ1v) is 10.3. The van der Waals surface area contributed by atoms with Crippen LogP contribution in [0.1, 0.15) is 69.3 Å². The molecule has 2 saturated carbocycles. The van der Waals surface area contributed by atoms with Crippen LogP contribution in [0.4, 0.5) is 8.78 Å². The van der Waals surface area contributed by atoms with E-state index in [1.54, 1.807) is 6.07 Å². The summed E-state index contributed by atoms with van der Waals surface area (Å²) >= 11 is 0. The van der Waals surface area contributed by atoms with Crippen LogP contribution in [0.25, 0.3) is 0 Å². The van der Waals surface area contributed by atoms with Crippen LogP contribution in [0.5, 0.6) is 0 Å². The predicted molar refractivity (Wildman–Crippen MR) is 98.1 cm³/mol. The fraction of sp³-hybridized carbons (Fsp3) is 0.636. The largest absolute Gasteiger partial charge is 0.339 e. The van der Waals surface area contributed by atoms with Gasteiger partial charge in [-0.05, 0) is 49.7 Å². The van der Waals surface area contributed by atoms with Crippen molar-refractivity contribution in [2.75, 3.05) is 6.54 Å². The fourth-order valence-electron chi connectivity index (χ4n) is 5.07. The monoisotopic (exact) mass is 375 g/mol. The van der Waals surface area contributed by atoms with Gasteiger partial charge in [-0.15, -0.1) is 0 Å². The highest BCUT2D eigenvalue weighted by Gasteiger charge is 2.49. The zero-order valence-electron chi connectivity index (χ0n) is 15.6. The molecule has 4 atom stereocenters. The van der Waals surface area contributed by atoms with Crippen molar-refractivity contribution < 1.29 is 18.4 Å². The number of hydrogen-bond acceptors (Lipinski definition) is 2. The molecule has 0 radical (unpaired) electrons. The van der Waals surface area contributed by atoms with Gasteiger partial charge in [0.25, 0.3) is 0 Å². The summed E-state index contributed by atoms with van der Waals surface area (Å²) in [5.74, 6) is -1.90. The fourth-order valence-corrected chi connectivity index (χ4v) is 5.07. The van der Waals surface area contributed by atoms with Gasteiger partial charge in [-0.25, -0.2) is 8.78 Å². The first kappa shape index (κ1) is 18.6. The second kappa shape index (κ2) is 7.69. The molecule has 3 aliphatic rings. The maximum Gasteiger partial charge on any atom is 0.226 e. The summed E-state index contributed by atoms with van der Waals surface area (Å²) in [5.41, 5.74) is 0.313. The molecule has 3 nitrogen and oxygen atoms in total. The Bertz CT molecular complexity index is 735. The summed E-state index contributed by atoms with van der Waals surface area (Å²) < 4.78 is 27.7. The minimum absolute atomic E-state index is 0.00796. The number of carbonyl (C=O) groups is 2. The molecule has 0 aromatic heterocycles.